The first-order chi connectivity index (χ1) is 10.2. The zero-order valence-electron chi connectivity index (χ0n) is 13.6. The molecule has 0 unspecified atom stereocenters. The number of carbonyl (C=O) groups is 3. The molecule has 9 nitrogen and oxygen atoms in total. The lowest BCUT2D eigenvalue weighted by Crippen LogP contribution is -2.33. The summed E-state index contributed by atoms with van der Waals surface area (Å²) in [5, 5.41) is 15.8. The second-order valence-electron chi connectivity index (χ2n) is 4.71. The van der Waals surface area contributed by atoms with Gasteiger partial charge >= 0.3 is 18.0 Å². The average Bonchev–Trinajstić information content (AvgIpc) is 2.47. The fraction of sp³-hybridized carbons (Fsp3) is 0.769. The maximum atomic E-state index is 10.7. The molecule has 2 N–H and O–H groups in total. The van der Waals surface area contributed by atoms with Crippen molar-refractivity contribution in [2.45, 2.75) is 25.7 Å². The van der Waals surface area contributed by atoms with E-state index in [4.69, 9.17) is 10.2 Å². The molecule has 1 fully saturated rings. The third-order valence-corrected chi connectivity index (χ3v) is 2.11. The number of nitrogens with zero attached hydrogens (tertiary/aromatic N) is 2. The topological polar surface area (TPSA) is 117 Å². The Labute approximate surface area is 130 Å². The smallest absolute Gasteiger partial charge is 0.318 e. The third-order valence-electron chi connectivity index (χ3n) is 2.11. The number of urea groups is 1. The molecule has 0 spiro atoms. The summed E-state index contributed by atoms with van der Waals surface area (Å²) in [6.45, 7) is 1.56. The van der Waals surface area contributed by atoms with Gasteiger partial charge in [-0.3, -0.25) is 9.59 Å². The molecule has 0 aliphatic carbocycles. The second kappa shape index (κ2) is 14.1. The molecule has 2 amide bonds. The fourth-order valence-electron chi connectivity index (χ4n) is 1.05. The molecule has 1 aliphatic heterocycles. The van der Waals surface area contributed by atoms with Crippen LogP contribution < -0.4 is 0 Å². The van der Waals surface area contributed by atoms with Gasteiger partial charge in [0.25, 0.3) is 0 Å². The van der Waals surface area contributed by atoms with Gasteiger partial charge in [-0.05, 0) is 12.8 Å². The number of carboxylic acids is 2. The van der Waals surface area contributed by atoms with Crippen LogP contribution in [0.2, 0.25) is 0 Å². The molecule has 0 atom stereocenters. The van der Waals surface area contributed by atoms with Gasteiger partial charge in [-0.25, -0.2) is 14.6 Å². The van der Waals surface area contributed by atoms with Crippen molar-refractivity contribution in [1.82, 2.24) is 9.80 Å². The number of rotatable bonds is 3. The second-order valence-corrected chi connectivity index (χ2v) is 4.71. The number of carboxylic acid groups (broad SMARTS) is 2. The zero-order chi connectivity index (χ0) is 17.5. The van der Waals surface area contributed by atoms with E-state index in [9.17, 15) is 14.4 Å². The third kappa shape index (κ3) is 18.1. The van der Waals surface area contributed by atoms with Crippen LogP contribution >= 0.6 is 0 Å². The van der Waals surface area contributed by atoms with Crippen LogP contribution in [-0.4, -0.2) is 79.4 Å². The van der Waals surface area contributed by atoms with E-state index in [0.717, 1.165) is 26.1 Å². The Bertz CT molecular complexity index is 293. The van der Waals surface area contributed by atoms with Gasteiger partial charge in [-0.2, -0.15) is 0 Å². The summed E-state index contributed by atoms with van der Waals surface area (Å²) < 4.78 is 0. The van der Waals surface area contributed by atoms with Crippen LogP contribution in [0.5, 0.6) is 0 Å². The van der Waals surface area contributed by atoms with Crippen LogP contribution in [0, 0.1) is 0 Å². The summed E-state index contributed by atoms with van der Waals surface area (Å²) in [5.41, 5.74) is 0. The highest BCUT2D eigenvalue weighted by Crippen LogP contribution is 1.97. The lowest BCUT2D eigenvalue weighted by molar-refractivity contribution is -0.312. The van der Waals surface area contributed by atoms with Crippen LogP contribution in [-0.2, 0) is 19.4 Å². The van der Waals surface area contributed by atoms with Crippen molar-refractivity contribution < 1.29 is 34.4 Å². The van der Waals surface area contributed by atoms with Crippen LogP contribution in [0.3, 0.4) is 0 Å². The van der Waals surface area contributed by atoms with Gasteiger partial charge in [0.15, 0.2) is 0 Å². The van der Waals surface area contributed by atoms with Crippen LogP contribution in [0.4, 0.5) is 4.79 Å². The maximum absolute atomic E-state index is 10.7. The molecule has 0 saturated carbocycles. The lowest BCUT2D eigenvalue weighted by Gasteiger charge is -2.16. The Hall–Kier alpha value is -1.87. The number of hydrogen-bond acceptors (Lipinski definition) is 5. The molecule has 0 aromatic carbocycles. The molecule has 9 heteroatoms. The predicted octanol–water partition coefficient (Wildman–Crippen LogP) is 0.894. The Morgan fingerprint density at radius 3 is 1.23 bits per heavy atom. The van der Waals surface area contributed by atoms with E-state index in [1.54, 1.807) is 28.2 Å². The number of carbonyl (C=O) groups excluding carboxylic acids is 1. The van der Waals surface area contributed by atoms with Gasteiger partial charge in [0.1, 0.15) is 0 Å². The van der Waals surface area contributed by atoms with E-state index < -0.39 is 11.9 Å². The number of hydrogen-bond donors (Lipinski definition) is 2. The Morgan fingerprint density at radius 2 is 1.14 bits per heavy atom. The van der Waals surface area contributed by atoms with Gasteiger partial charge in [0.05, 0.1) is 26.1 Å². The fourth-order valence-corrected chi connectivity index (χ4v) is 1.05. The maximum Gasteiger partial charge on any atom is 0.318 e. The van der Waals surface area contributed by atoms with Crippen molar-refractivity contribution in [1.29, 1.82) is 0 Å². The molecule has 0 aromatic rings. The summed E-state index contributed by atoms with van der Waals surface area (Å²) in [6.07, 6.45) is 1.71. The highest BCUT2D eigenvalue weighted by molar-refractivity contribution is 5.75. The number of aliphatic carboxylic acids is 2. The van der Waals surface area contributed by atoms with E-state index >= 15 is 0 Å². The van der Waals surface area contributed by atoms with Crippen LogP contribution in [0.15, 0.2) is 0 Å². The first-order valence-electron chi connectivity index (χ1n) is 6.75. The van der Waals surface area contributed by atoms with E-state index in [0.29, 0.717) is 0 Å². The first-order valence-corrected chi connectivity index (χ1v) is 6.75. The van der Waals surface area contributed by atoms with Crippen LogP contribution in [0.1, 0.15) is 25.7 Å². The number of amides is 2. The Balaban J connectivity index is 0. The molecule has 1 saturated heterocycles. The highest BCUT2D eigenvalue weighted by Gasteiger charge is 2.02. The van der Waals surface area contributed by atoms with Gasteiger partial charge in [-0.1, -0.05) is 0 Å². The molecular weight excluding hydrogens is 296 g/mol. The highest BCUT2D eigenvalue weighted by atomic mass is 17.2. The zero-order valence-corrected chi connectivity index (χ0v) is 13.6. The van der Waals surface area contributed by atoms with Gasteiger partial charge < -0.3 is 20.0 Å². The summed E-state index contributed by atoms with van der Waals surface area (Å²) in [6, 6.07) is 0.0185. The van der Waals surface area contributed by atoms with E-state index in [1.165, 1.54) is 9.80 Å². The molecule has 0 aromatic heterocycles. The van der Waals surface area contributed by atoms with E-state index in [1.807, 2.05) is 0 Å². The first kappa shape index (κ1) is 22.4. The van der Waals surface area contributed by atoms with Crippen LogP contribution in [0.25, 0.3) is 0 Å². The summed E-state index contributed by atoms with van der Waals surface area (Å²) in [4.78, 5) is 42.2. The monoisotopic (exact) mass is 322 g/mol. The summed E-state index contributed by atoms with van der Waals surface area (Å²) >= 11 is 0. The molecule has 1 rings (SSSR count). The summed E-state index contributed by atoms with van der Waals surface area (Å²) in [5.74, 6) is -2.15. The molecule has 130 valence electrons. The Morgan fingerprint density at radius 1 is 0.818 bits per heavy atom. The molecule has 0 radical (unpaired) electrons. The van der Waals surface area contributed by atoms with Crippen molar-refractivity contribution in [2.75, 3.05) is 41.4 Å². The van der Waals surface area contributed by atoms with Gasteiger partial charge in [0.2, 0.25) is 0 Å². The van der Waals surface area contributed by atoms with Gasteiger partial charge in [0, 0.05) is 28.2 Å². The average molecular weight is 322 g/mol. The van der Waals surface area contributed by atoms with Crippen molar-refractivity contribution >= 4 is 18.0 Å². The molecule has 1 heterocycles. The minimum absolute atomic E-state index is 0.0185. The quantitative estimate of drug-likeness (QED) is 0.741. The SMILES string of the molecule is C1CCOOC1.CN(C)C(=O)N(C)C.O=C(O)CCC(=O)O. The molecular formula is C13H26N2O7. The molecule has 0 bridgehead atoms. The van der Waals surface area contributed by atoms with Gasteiger partial charge in [-0.15, -0.1) is 0 Å². The van der Waals surface area contributed by atoms with E-state index in [2.05, 4.69) is 9.78 Å². The van der Waals surface area contributed by atoms with E-state index in [-0.39, 0.29) is 18.9 Å². The lowest BCUT2D eigenvalue weighted by atomic mass is 10.3. The predicted molar refractivity (Wildman–Crippen MR) is 78.4 cm³/mol. The largest absolute Gasteiger partial charge is 0.481 e. The van der Waals surface area contributed by atoms with Crippen molar-refractivity contribution in [3.8, 4) is 0 Å². The minimum Gasteiger partial charge on any atom is -0.481 e. The molecule has 1 aliphatic rings. The van der Waals surface area contributed by atoms with Crippen molar-refractivity contribution in [3.05, 3.63) is 0 Å². The standard InChI is InChI=1S/C5H12N2O.C4H6O4.C4H8O2/c1-6(2)5(8)7(3)4;5-3(6)1-2-4(7)8;1-2-4-6-5-3-1/h1-4H3;1-2H2,(H,5,6)(H,7,8);1-4H2. The normalized spacial score (nSPS) is 12.7. The Kier molecular flexibility index (Phi) is 14.3. The van der Waals surface area contributed by atoms with Crippen molar-refractivity contribution in [3.63, 3.8) is 0 Å². The van der Waals surface area contributed by atoms with Crippen molar-refractivity contribution in [2.24, 2.45) is 0 Å². The molecule has 22 heavy (non-hydrogen) atoms. The minimum atomic E-state index is -1.08. The summed E-state index contributed by atoms with van der Waals surface area (Å²) in [7, 11) is 6.90.